The number of hydrogen-bond acceptors (Lipinski definition) is 2. The molecule has 3 nitrogen and oxygen atoms in total. The first-order valence-corrected chi connectivity index (χ1v) is 2.76. The van der Waals surface area contributed by atoms with Gasteiger partial charge in [-0.05, 0) is 14.1 Å². The molecule has 0 atom stereocenters. The van der Waals surface area contributed by atoms with Gasteiger partial charge in [0.05, 0.1) is 0 Å². The van der Waals surface area contributed by atoms with E-state index < -0.39 is 5.85 Å². The van der Waals surface area contributed by atoms with Crippen LogP contribution < -0.4 is 10.6 Å². The predicted molar refractivity (Wildman–Crippen MR) is 31.8 cm³/mol. The van der Waals surface area contributed by atoms with E-state index in [0.29, 0.717) is 6.42 Å². The maximum Gasteiger partial charge on any atom is 0.207 e. The maximum absolute atomic E-state index is 11.0. The molecule has 0 aliphatic heterocycles. The van der Waals surface area contributed by atoms with Crippen molar-refractivity contribution >= 4 is 0 Å². The molecule has 8 heavy (non-hydrogen) atoms. The Kier molecular flexibility index (Phi) is 2.97. The minimum atomic E-state index is -1.12. The summed E-state index contributed by atoms with van der Waals surface area (Å²) in [6.07, 6.45) is 0.542. The van der Waals surface area contributed by atoms with Gasteiger partial charge in [0.1, 0.15) is 0 Å². The lowest BCUT2D eigenvalue weighted by atomic mass is 10.3. The van der Waals surface area contributed by atoms with Crippen LogP contribution in [-0.4, -0.2) is 19.9 Å². The minimum Gasteiger partial charge on any atom is -0.277 e. The molecule has 3 heteroatoms. The molecule has 0 heterocycles. The summed E-state index contributed by atoms with van der Waals surface area (Å²) in [5.74, 6) is -1.12. The molecule has 0 saturated heterocycles. The Hall–Kier alpha value is -0.120. The highest BCUT2D eigenvalue weighted by molar-refractivity contribution is 4.63. The molecule has 0 bridgehead atoms. The van der Waals surface area contributed by atoms with Crippen LogP contribution in [0.3, 0.4) is 0 Å². The quantitative estimate of drug-likeness (QED) is 0.508. The minimum absolute atomic E-state index is 0.542. The largest absolute Gasteiger partial charge is 0.277 e. The standard InChI is InChI=1S/C5H13N2O/c1-4-5(8,6-2)7-3/h6-7H,4H2,1-3H3. The number of rotatable bonds is 3. The smallest absolute Gasteiger partial charge is 0.207 e. The summed E-state index contributed by atoms with van der Waals surface area (Å²) < 4.78 is 0. The van der Waals surface area contributed by atoms with Crippen molar-refractivity contribution in [3.63, 3.8) is 0 Å². The van der Waals surface area contributed by atoms with Crippen molar-refractivity contribution in [1.82, 2.24) is 10.6 Å². The van der Waals surface area contributed by atoms with Gasteiger partial charge in [0.2, 0.25) is 5.85 Å². The van der Waals surface area contributed by atoms with E-state index in [-0.39, 0.29) is 0 Å². The van der Waals surface area contributed by atoms with Gasteiger partial charge in [-0.25, -0.2) is 0 Å². The molecule has 0 saturated carbocycles. The molecule has 0 fully saturated rings. The highest BCUT2D eigenvalue weighted by atomic mass is 16.3. The predicted octanol–water partition coefficient (Wildman–Crippen LogP) is -0.0805. The van der Waals surface area contributed by atoms with Crippen LogP contribution in [0.1, 0.15) is 13.3 Å². The van der Waals surface area contributed by atoms with E-state index in [0.717, 1.165) is 0 Å². The summed E-state index contributed by atoms with van der Waals surface area (Å²) in [5.41, 5.74) is 0. The van der Waals surface area contributed by atoms with E-state index in [4.69, 9.17) is 0 Å². The van der Waals surface area contributed by atoms with Gasteiger partial charge in [-0.15, -0.1) is 0 Å². The molecule has 0 amide bonds. The first-order chi connectivity index (χ1) is 3.68. The monoisotopic (exact) mass is 117 g/mol. The Balaban J connectivity index is 3.58. The molecule has 0 aromatic rings. The summed E-state index contributed by atoms with van der Waals surface area (Å²) in [7, 11) is 3.29. The lowest BCUT2D eigenvalue weighted by molar-refractivity contribution is -0.0793. The Morgan fingerprint density at radius 3 is 1.75 bits per heavy atom. The second-order valence-corrected chi connectivity index (χ2v) is 1.68. The van der Waals surface area contributed by atoms with Crippen LogP contribution in [0.2, 0.25) is 0 Å². The van der Waals surface area contributed by atoms with Crippen LogP contribution in [-0.2, 0) is 5.11 Å². The Bertz CT molecular complexity index is 53.2. The lowest BCUT2D eigenvalue weighted by Gasteiger charge is -2.21. The van der Waals surface area contributed by atoms with E-state index in [1.807, 2.05) is 6.92 Å². The molecule has 0 aliphatic carbocycles. The second kappa shape index (κ2) is 3.02. The number of nitrogens with one attached hydrogen (secondary N) is 2. The van der Waals surface area contributed by atoms with Crippen molar-refractivity contribution in [1.29, 1.82) is 0 Å². The molecule has 1 radical (unpaired) electrons. The van der Waals surface area contributed by atoms with Crippen molar-refractivity contribution in [2.75, 3.05) is 14.1 Å². The van der Waals surface area contributed by atoms with Crippen LogP contribution in [0, 0.1) is 0 Å². The zero-order valence-corrected chi connectivity index (χ0v) is 5.62. The highest BCUT2D eigenvalue weighted by Crippen LogP contribution is 1.97. The lowest BCUT2D eigenvalue weighted by Crippen LogP contribution is -2.51. The SMILES string of the molecule is CCC([O])(NC)NC. The van der Waals surface area contributed by atoms with Gasteiger partial charge in [0, 0.05) is 6.42 Å². The van der Waals surface area contributed by atoms with E-state index in [2.05, 4.69) is 10.6 Å². The van der Waals surface area contributed by atoms with Gasteiger partial charge >= 0.3 is 0 Å². The fourth-order valence-electron chi connectivity index (χ4n) is 0.479. The second-order valence-electron chi connectivity index (χ2n) is 1.68. The molecular weight excluding hydrogens is 104 g/mol. The summed E-state index contributed by atoms with van der Waals surface area (Å²) in [6.45, 7) is 1.83. The summed E-state index contributed by atoms with van der Waals surface area (Å²) in [6, 6.07) is 0. The molecular formula is C5H13N2O. The molecule has 2 N–H and O–H groups in total. The molecule has 0 aromatic heterocycles. The third-order valence-corrected chi connectivity index (χ3v) is 1.31. The average molecular weight is 117 g/mol. The van der Waals surface area contributed by atoms with Gasteiger partial charge in [-0.1, -0.05) is 6.92 Å². The van der Waals surface area contributed by atoms with Crippen molar-refractivity contribution < 1.29 is 5.11 Å². The molecule has 0 unspecified atom stereocenters. The Labute approximate surface area is 50.1 Å². The molecule has 0 aromatic carbocycles. The van der Waals surface area contributed by atoms with Gasteiger partial charge in [-0.3, -0.25) is 10.6 Å². The van der Waals surface area contributed by atoms with E-state index >= 15 is 0 Å². The van der Waals surface area contributed by atoms with Crippen LogP contribution in [0.5, 0.6) is 0 Å². The van der Waals surface area contributed by atoms with Crippen LogP contribution in [0.4, 0.5) is 0 Å². The van der Waals surface area contributed by atoms with Gasteiger partial charge < -0.3 is 0 Å². The fraction of sp³-hybridized carbons (Fsp3) is 1.00. The van der Waals surface area contributed by atoms with Gasteiger partial charge in [0.25, 0.3) is 0 Å². The zero-order valence-electron chi connectivity index (χ0n) is 5.62. The summed E-state index contributed by atoms with van der Waals surface area (Å²) in [5, 5.41) is 16.2. The average Bonchev–Trinajstić information content (AvgIpc) is 1.87. The Morgan fingerprint density at radius 2 is 1.75 bits per heavy atom. The van der Waals surface area contributed by atoms with Crippen molar-refractivity contribution in [2.45, 2.75) is 19.2 Å². The Morgan fingerprint density at radius 1 is 1.38 bits per heavy atom. The summed E-state index contributed by atoms with van der Waals surface area (Å²) in [4.78, 5) is 0. The molecule has 0 aliphatic rings. The fourth-order valence-corrected chi connectivity index (χ4v) is 0.479. The molecule has 0 spiro atoms. The third-order valence-electron chi connectivity index (χ3n) is 1.31. The van der Waals surface area contributed by atoms with Crippen molar-refractivity contribution in [3.05, 3.63) is 0 Å². The van der Waals surface area contributed by atoms with Crippen LogP contribution in [0.15, 0.2) is 0 Å². The van der Waals surface area contributed by atoms with Gasteiger partial charge in [-0.2, -0.15) is 5.11 Å². The van der Waals surface area contributed by atoms with E-state index in [1.54, 1.807) is 14.1 Å². The van der Waals surface area contributed by atoms with Crippen LogP contribution >= 0.6 is 0 Å². The summed E-state index contributed by atoms with van der Waals surface area (Å²) >= 11 is 0. The first kappa shape index (κ1) is 7.88. The highest BCUT2D eigenvalue weighted by Gasteiger charge is 2.19. The normalized spacial score (nSPS) is 12.0. The third kappa shape index (κ3) is 1.78. The topological polar surface area (TPSA) is 44.0 Å². The zero-order chi connectivity index (χ0) is 6.62. The maximum atomic E-state index is 11.0. The van der Waals surface area contributed by atoms with Crippen LogP contribution in [0.25, 0.3) is 0 Å². The van der Waals surface area contributed by atoms with E-state index in [1.165, 1.54) is 0 Å². The number of hydrogen-bond donors (Lipinski definition) is 2. The van der Waals surface area contributed by atoms with Crippen molar-refractivity contribution in [3.8, 4) is 0 Å². The van der Waals surface area contributed by atoms with Gasteiger partial charge in [0.15, 0.2) is 0 Å². The van der Waals surface area contributed by atoms with Crippen molar-refractivity contribution in [2.24, 2.45) is 0 Å². The molecule has 49 valence electrons. The molecule has 0 rings (SSSR count). The van der Waals surface area contributed by atoms with E-state index in [9.17, 15) is 5.11 Å². The first-order valence-electron chi connectivity index (χ1n) is 2.76.